The van der Waals surface area contributed by atoms with E-state index >= 15 is 0 Å². The van der Waals surface area contributed by atoms with Crippen LogP contribution in [-0.2, 0) is 16.4 Å². The fraction of sp³-hybridized carbons (Fsp3) is 0.250. The summed E-state index contributed by atoms with van der Waals surface area (Å²) in [5, 5.41) is 1.69. The lowest BCUT2D eigenvalue weighted by Crippen LogP contribution is -2.34. The molecule has 3 rings (SSSR count). The first-order chi connectivity index (χ1) is 9.97. The van der Waals surface area contributed by atoms with Crippen LogP contribution in [0.2, 0.25) is 5.15 Å². The van der Waals surface area contributed by atoms with Crippen molar-refractivity contribution in [3.8, 4) is 0 Å². The van der Waals surface area contributed by atoms with Gasteiger partial charge in [0.25, 0.3) is 10.0 Å². The molecule has 3 aromatic rings. The average Bonchev–Trinajstić information content (AvgIpc) is 3.04. The molecular formula is C12H12ClN3O3S2. The number of nitrogens with zero attached hydrogens (tertiary/aromatic N) is 2. The predicted octanol–water partition coefficient (Wildman–Crippen LogP) is 2.55. The molecule has 21 heavy (non-hydrogen) atoms. The van der Waals surface area contributed by atoms with Crippen LogP contribution in [0.4, 0.5) is 0 Å². The Morgan fingerprint density at radius 1 is 1.57 bits per heavy atom. The van der Waals surface area contributed by atoms with Crippen LogP contribution in [0.15, 0.2) is 39.4 Å². The molecule has 0 spiro atoms. The van der Waals surface area contributed by atoms with E-state index in [9.17, 15) is 8.42 Å². The summed E-state index contributed by atoms with van der Waals surface area (Å²) in [6.07, 6.45) is 3.64. The molecule has 0 saturated carbocycles. The van der Waals surface area contributed by atoms with Crippen LogP contribution in [-0.4, -0.2) is 23.8 Å². The molecule has 3 heterocycles. The van der Waals surface area contributed by atoms with Gasteiger partial charge in [0.05, 0.1) is 6.26 Å². The quantitative estimate of drug-likeness (QED) is 0.771. The van der Waals surface area contributed by atoms with Gasteiger partial charge in [-0.2, -0.15) is 0 Å². The third-order valence-corrected chi connectivity index (χ3v) is 5.62. The summed E-state index contributed by atoms with van der Waals surface area (Å²) in [6, 6.07) is 3.23. The molecule has 0 aliphatic carbocycles. The second kappa shape index (κ2) is 5.45. The fourth-order valence-corrected chi connectivity index (χ4v) is 4.77. The minimum atomic E-state index is -3.76. The van der Waals surface area contributed by atoms with Gasteiger partial charge in [0, 0.05) is 24.0 Å². The van der Waals surface area contributed by atoms with Crippen molar-refractivity contribution in [3.05, 3.63) is 40.9 Å². The van der Waals surface area contributed by atoms with Gasteiger partial charge in [0.1, 0.15) is 5.76 Å². The zero-order valence-corrected chi connectivity index (χ0v) is 13.4. The number of sulfonamides is 1. The highest BCUT2D eigenvalue weighted by atomic mass is 35.5. The van der Waals surface area contributed by atoms with Gasteiger partial charge in [-0.15, -0.1) is 11.3 Å². The van der Waals surface area contributed by atoms with Crippen LogP contribution < -0.4 is 4.72 Å². The summed E-state index contributed by atoms with van der Waals surface area (Å²) in [5.74, 6) is 0.713. The minimum Gasteiger partial charge on any atom is -0.469 e. The molecule has 1 N–H and O–H groups in total. The maximum Gasteiger partial charge on any atom is 0.260 e. The number of thiazole rings is 1. The number of furan rings is 1. The molecular weight excluding hydrogens is 334 g/mol. The Morgan fingerprint density at radius 2 is 2.38 bits per heavy atom. The third-order valence-electron chi connectivity index (χ3n) is 2.88. The standard InChI is InChI=1S/C12H12ClN3O3S2/c1-8(7-9-3-2-5-19-9)15-21(17,18)11-10(13)14-12-16(11)4-6-20-12/h2-6,8,15H,7H2,1H3. The first-order valence-electron chi connectivity index (χ1n) is 6.13. The van der Waals surface area contributed by atoms with Crippen LogP contribution in [0.25, 0.3) is 4.96 Å². The highest BCUT2D eigenvalue weighted by Gasteiger charge is 2.26. The van der Waals surface area contributed by atoms with E-state index in [0.29, 0.717) is 17.1 Å². The molecule has 112 valence electrons. The number of imidazole rings is 1. The van der Waals surface area contributed by atoms with Crippen LogP contribution in [0.1, 0.15) is 12.7 Å². The Morgan fingerprint density at radius 3 is 3.10 bits per heavy atom. The molecule has 6 nitrogen and oxygen atoms in total. The van der Waals surface area contributed by atoms with Gasteiger partial charge >= 0.3 is 0 Å². The summed E-state index contributed by atoms with van der Waals surface area (Å²) >= 11 is 7.28. The maximum atomic E-state index is 12.5. The zero-order valence-electron chi connectivity index (χ0n) is 11.0. The summed E-state index contributed by atoms with van der Waals surface area (Å²) in [4.78, 5) is 4.57. The van der Waals surface area contributed by atoms with E-state index in [4.69, 9.17) is 16.0 Å². The maximum absolute atomic E-state index is 12.5. The van der Waals surface area contributed by atoms with Crippen molar-refractivity contribution >= 4 is 37.9 Å². The van der Waals surface area contributed by atoms with Gasteiger partial charge in [-0.25, -0.2) is 18.1 Å². The van der Waals surface area contributed by atoms with Crippen molar-refractivity contribution in [2.45, 2.75) is 24.4 Å². The Hall–Kier alpha value is -1.35. The number of nitrogens with one attached hydrogen (secondary N) is 1. The van der Waals surface area contributed by atoms with E-state index in [-0.39, 0.29) is 16.2 Å². The lowest BCUT2D eigenvalue weighted by atomic mass is 10.2. The molecule has 0 aromatic carbocycles. The second-order valence-corrected chi connectivity index (χ2v) is 7.43. The van der Waals surface area contributed by atoms with Crippen LogP contribution in [0.3, 0.4) is 0 Å². The molecule has 3 aromatic heterocycles. The molecule has 0 fully saturated rings. The van der Waals surface area contributed by atoms with Crippen LogP contribution in [0.5, 0.6) is 0 Å². The Balaban J connectivity index is 1.86. The number of aromatic nitrogens is 2. The highest BCUT2D eigenvalue weighted by molar-refractivity contribution is 7.89. The normalized spacial score (nSPS) is 13.8. The molecule has 0 saturated heterocycles. The van der Waals surface area contributed by atoms with E-state index in [0.717, 1.165) is 0 Å². The summed E-state index contributed by atoms with van der Waals surface area (Å²) in [5.41, 5.74) is 0. The van der Waals surface area contributed by atoms with Gasteiger partial charge in [-0.3, -0.25) is 4.40 Å². The number of hydrogen-bond donors (Lipinski definition) is 1. The van der Waals surface area contributed by atoms with Crippen molar-refractivity contribution in [3.63, 3.8) is 0 Å². The van der Waals surface area contributed by atoms with Gasteiger partial charge < -0.3 is 4.42 Å². The summed E-state index contributed by atoms with van der Waals surface area (Å²) in [6.45, 7) is 1.76. The zero-order chi connectivity index (χ0) is 15.0. The fourth-order valence-electron chi connectivity index (χ4n) is 2.07. The molecule has 0 aliphatic heterocycles. The first kappa shape index (κ1) is 14.6. The van der Waals surface area contributed by atoms with Gasteiger partial charge in [0.15, 0.2) is 15.1 Å². The number of halogens is 1. The molecule has 0 radical (unpaired) electrons. The van der Waals surface area contributed by atoms with Gasteiger partial charge in [-0.05, 0) is 19.1 Å². The van der Waals surface area contributed by atoms with Crippen molar-refractivity contribution in [1.82, 2.24) is 14.1 Å². The third kappa shape index (κ3) is 2.84. The van der Waals surface area contributed by atoms with Gasteiger partial charge in [0.2, 0.25) is 0 Å². The first-order valence-corrected chi connectivity index (χ1v) is 8.87. The monoisotopic (exact) mass is 345 g/mol. The van der Waals surface area contributed by atoms with Crippen LogP contribution >= 0.6 is 22.9 Å². The highest BCUT2D eigenvalue weighted by Crippen LogP contribution is 2.25. The Kier molecular flexibility index (Phi) is 3.78. The molecule has 0 aliphatic rings. The van der Waals surface area contributed by atoms with E-state index in [2.05, 4.69) is 9.71 Å². The van der Waals surface area contributed by atoms with Crippen LogP contribution in [0, 0.1) is 0 Å². The van der Waals surface area contributed by atoms with Crippen molar-refractivity contribution in [2.24, 2.45) is 0 Å². The summed E-state index contributed by atoms with van der Waals surface area (Å²) in [7, 11) is -3.76. The van der Waals surface area contributed by atoms with Gasteiger partial charge in [-0.1, -0.05) is 11.6 Å². The average molecular weight is 346 g/mol. The minimum absolute atomic E-state index is 0.0282. The molecule has 1 atom stereocenters. The number of hydrogen-bond acceptors (Lipinski definition) is 5. The Bertz CT molecular complexity index is 852. The number of rotatable bonds is 5. The molecule has 1 unspecified atom stereocenters. The summed E-state index contributed by atoms with van der Waals surface area (Å²) < 4.78 is 34.2. The predicted molar refractivity (Wildman–Crippen MR) is 80.3 cm³/mol. The molecule has 0 bridgehead atoms. The van der Waals surface area contributed by atoms with E-state index in [1.165, 1.54) is 15.7 Å². The lowest BCUT2D eigenvalue weighted by molar-refractivity contribution is 0.478. The topological polar surface area (TPSA) is 76.6 Å². The molecule has 9 heteroatoms. The second-order valence-electron chi connectivity index (χ2n) is 4.57. The van der Waals surface area contributed by atoms with E-state index in [1.807, 2.05) is 0 Å². The number of fused-ring (bicyclic) bond motifs is 1. The van der Waals surface area contributed by atoms with E-state index < -0.39 is 10.0 Å². The largest absolute Gasteiger partial charge is 0.469 e. The SMILES string of the molecule is CC(Cc1ccco1)NS(=O)(=O)c1c(Cl)nc2sccn12. The lowest BCUT2D eigenvalue weighted by Gasteiger charge is -2.12. The van der Waals surface area contributed by atoms with Crippen molar-refractivity contribution in [1.29, 1.82) is 0 Å². The molecule has 0 amide bonds. The van der Waals surface area contributed by atoms with E-state index in [1.54, 1.807) is 36.9 Å². The van der Waals surface area contributed by atoms with Crippen molar-refractivity contribution in [2.75, 3.05) is 0 Å². The Labute approximate surface area is 130 Å². The van der Waals surface area contributed by atoms with Crippen molar-refractivity contribution < 1.29 is 12.8 Å². The smallest absolute Gasteiger partial charge is 0.260 e.